The average Bonchev–Trinajstić information content (AvgIpc) is 2.69. The molecule has 0 saturated heterocycles. The second kappa shape index (κ2) is 6.92. The third kappa shape index (κ3) is 5.54. The van der Waals surface area contributed by atoms with Gasteiger partial charge in [-0.3, -0.25) is 9.59 Å². The van der Waals surface area contributed by atoms with Crippen LogP contribution in [-0.2, 0) is 9.59 Å². The lowest BCUT2D eigenvalue weighted by atomic mass is 10.2. The largest absolute Gasteiger partial charge is 0.360 e. The van der Waals surface area contributed by atoms with Crippen molar-refractivity contribution in [2.75, 3.05) is 18.4 Å². The van der Waals surface area contributed by atoms with Gasteiger partial charge in [-0.2, -0.15) is 0 Å². The van der Waals surface area contributed by atoms with E-state index in [1.54, 1.807) is 17.9 Å². The van der Waals surface area contributed by atoms with E-state index in [9.17, 15) is 9.59 Å². The van der Waals surface area contributed by atoms with Crippen molar-refractivity contribution in [2.45, 2.75) is 34.1 Å². The molecule has 2 amide bonds. The maximum atomic E-state index is 11.7. The van der Waals surface area contributed by atoms with Crippen LogP contribution in [0.2, 0.25) is 0 Å². The molecule has 0 aliphatic rings. The second-order valence-electron chi connectivity index (χ2n) is 4.98. The van der Waals surface area contributed by atoms with Crippen LogP contribution in [0.25, 0.3) is 0 Å². The van der Waals surface area contributed by atoms with Gasteiger partial charge >= 0.3 is 0 Å². The number of rotatable bonds is 6. The van der Waals surface area contributed by atoms with Gasteiger partial charge in [-0.25, -0.2) is 0 Å². The van der Waals surface area contributed by atoms with Crippen molar-refractivity contribution in [3.8, 4) is 0 Å². The zero-order valence-electron chi connectivity index (χ0n) is 11.9. The molecule has 1 heterocycles. The molecule has 106 valence electrons. The topological polar surface area (TPSA) is 75.4 Å². The molecule has 0 unspecified atom stereocenters. The Kier molecular flexibility index (Phi) is 5.54. The van der Waals surface area contributed by atoms with Crippen LogP contribution in [0.1, 0.15) is 33.0 Å². The van der Waals surface area contributed by atoms with E-state index in [1.165, 1.54) is 6.92 Å². The predicted molar refractivity (Wildman–Crippen MR) is 71.6 cm³/mol. The van der Waals surface area contributed by atoms with Crippen molar-refractivity contribution < 1.29 is 14.1 Å². The summed E-state index contributed by atoms with van der Waals surface area (Å²) >= 11 is 0. The number of carbonyl (C=O) groups is 2. The van der Waals surface area contributed by atoms with Crippen molar-refractivity contribution in [3.63, 3.8) is 0 Å². The van der Waals surface area contributed by atoms with Gasteiger partial charge in [0.15, 0.2) is 5.82 Å². The Morgan fingerprint density at radius 2 is 2.16 bits per heavy atom. The molecular weight excluding hydrogens is 246 g/mol. The number of carbonyl (C=O) groups excluding carboxylic acids is 2. The molecule has 6 nitrogen and oxygen atoms in total. The van der Waals surface area contributed by atoms with Crippen molar-refractivity contribution in [1.82, 2.24) is 10.1 Å². The van der Waals surface area contributed by atoms with Crippen molar-refractivity contribution in [2.24, 2.45) is 5.92 Å². The number of nitrogens with zero attached hydrogens (tertiary/aromatic N) is 2. The van der Waals surface area contributed by atoms with Gasteiger partial charge in [0.2, 0.25) is 11.8 Å². The van der Waals surface area contributed by atoms with Gasteiger partial charge in [-0.1, -0.05) is 19.0 Å². The molecular formula is C13H21N3O3. The first-order chi connectivity index (χ1) is 8.88. The molecule has 0 spiro atoms. The first-order valence-corrected chi connectivity index (χ1v) is 6.37. The fourth-order valence-electron chi connectivity index (χ4n) is 1.69. The van der Waals surface area contributed by atoms with Crippen LogP contribution < -0.4 is 5.32 Å². The summed E-state index contributed by atoms with van der Waals surface area (Å²) in [6.45, 7) is 8.41. The van der Waals surface area contributed by atoms with Crippen LogP contribution in [-0.4, -0.2) is 35.0 Å². The normalized spacial score (nSPS) is 10.6. The van der Waals surface area contributed by atoms with E-state index in [1.807, 2.05) is 13.8 Å². The van der Waals surface area contributed by atoms with Gasteiger partial charge in [0.1, 0.15) is 5.76 Å². The zero-order valence-corrected chi connectivity index (χ0v) is 11.9. The van der Waals surface area contributed by atoms with Gasteiger partial charge in [0.05, 0.1) is 0 Å². The van der Waals surface area contributed by atoms with E-state index in [0.717, 1.165) is 0 Å². The molecule has 0 aromatic carbocycles. The molecule has 0 radical (unpaired) electrons. The Labute approximate surface area is 113 Å². The highest BCUT2D eigenvalue weighted by Crippen LogP contribution is 2.08. The predicted octanol–water partition coefficient (Wildman–Crippen LogP) is 1.82. The highest BCUT2D eigenvalue weighted by Gasteiger charge is 2.13. The molecule has 1 aromatic rings. The molecule has 1 rings (SSSR count). The summed E-state index contributed by atoms with van der Waals surface area (Å²) in [4.78, 5) is 24.8. The van der Waals surface area contributed by atoms with Crippen LogP contribution in [0.5, 0.6) is 0 Å². The maximum Gasteiger partial charge on any atom is 0.227 e. The number of aryl methyl sites for hydroxylation is 1. The fourth-order valence-corrected chi connectivity index (χ4v) is 1.69. The second-order valence-corrected chi connectivity index (χ2v) is 4.98. The lowest BCUT2D eigenvalue weighted by molar-refractivity contribution is -0.129. The number of hydrogen-bond acceptors (Lipinski definition) is 4. The van der Waals surface area contributed by atoms with Crippen LogP contribution >= 0.6 is 0 Å². The summed E-state index contributed by atoms with van der Waals surface area (Å²) in [5, 5.41) is 6.31. The maximum absolute atomic E-state index is 11.7. The smallest absolute Gasteiger partial charge is 0.227 e. The van der Waals surface area contributed by atoms with E-state index in [2.05, 4.69) is 10.5 Å². The van der Waals surface area contributed by atoms with E-state index in [-0.39, 0.29) is 18.2 Å². The molecule has 1 N–H and O–H groups in total. The number of nitrogens with one attached hydrogen (secondary N) is 1. The van der Waals surface area contributed by atoms with Crippen molar-refractivity contribution in [3.05, 3.63) is 11.8 Å². The first-order valence-electron chi connectivity index (χ1n) is 6.37. The standard InChI is InChI=1S/C13H21N3O3/c1-9(2)8-16(11(4)17)6-5-13(18)14-12-7-10(3)19-15-12/h7,9H,5-6,8H2,1-4H3,(H,14,15,18). The molecule has 0 saturated carbocycles. The van der Waals surface area contributed by atoms with Gasteiger partial charge in [-0.15, -0.1) is 0 Å². The van der Waals surface area contributed by atoms with Gasteiger partial charge in [0.25, 0.3) is 0 Å². The molecule has 1 aromatic heterocycles. The quantitative estimate of drug-likeness (QED) is 0.853. The third-order valence-corrected chi connectivity index (χ3v) is 2.54. The average molecular weight is 267 g/mol. The lowest BCUT2D eigenvalue weighted by Gasteiger charge is -2.22. The zero-order chi connectivity index (χ0) is 14.4. The minimum atomic E-state index is -0.177. The molecule has 0 aliphatic carbocycles. The Bertz CT molecular complexity index is 440. The molecule has 19 heavy (non-hydrogen) atoms. The summed E-state index contributed by atoms with van der Waals surface area (Å²) in [6.07, 6.45) is 0.248. The van der Waals surface area contributed by atoms with E-state index in [4.69, 9.17) is 4.52 Å². The Hall–Kier alpha value is -1.85. The van der Waals surface area contributed by atoms with Crippen LogP contribution in [0.15, 0.2) is 10.6 Å². The van der Waals surface area contributed by atoms with E-state index < -0.39 is 0 Å². The molecule has 0 fully saturated rings. The summed E-state index contributed by atoms with van der Waals surface area (Å²) in [5.41, 5.74) is 0. The van der Waals surface area contributed by atoms with Crippen LogP contribution in [0.4, 0.5) is 5.82 Å². The van der Waals surface area contributed by atoms with Gasteiger partial charge in [0, 0.05) is 32.5 Å². The Balaban J connectivity index is 2.41. The van der Waals surface area contributed by atoms with Crippen molar-refractivity contribution >= 4 is 17.6 Å². The van der Waals surface area contributed by atoms with Crippen molar-refractivity contribution in [1.29, 1.82) is 0 Å². The highest BCUT2D eigenvalue weighted by molar-refractivity contribution is 5.90. The fraction of sp³-hybridized carbons (Fsp3) is 0.615. The number of amides is 2. The summed E-state index contributed by atoms with van der Waals surface area (Å²) in [6, 6.07) is 1.65. The van der Waals surface area contributed by atoms with Gasteiger partial charge < -0.3 is 14.7 Å². The molecule has 0 aliphatic heterocycles. The number of hydrogen-bond donors (Lipinski definition) is 1. The first kappa shape index (κ1) is 15.2. The van der Waals surface area contributed by atoms with E-state index >= 15 is 0 Å². The minimum Gasteiger partial charge on any atom is -0.360 e. The Morgan fingerprint density at radius 3 is 2.63 bits per heavy atom. The third-order valence-electron chi connectivity index (χ3n) is 2.54. The molecule has 0 bridgehead atoms. The number of anilines is 1. The van der Waals surface area contributed by atoms with Crippen LogP contribution in [0, 0.1) is 12.8 Å². The minimum absolute atomic E-state index is 0.0150. The summed E-state index contributed by atoms with van der Waals surface area (Å²) in [5.74, 6) is 1.23. The van der Waals surface area contributed by atoms with Gasteiger partial charge in [-0.05, 0) is 12.8 Å². The van der Waals surface area contributed by atoms with Crippen LogP contribution in [0.3, 0.4) is 0 Å². The monoisotopic (exact) mass is 267 g/mol. The number of aromatic nitrogens is 1. The summed E-state index contributed by atoms with van der Waals surface area (Å²) < 4.78 is 4.85. The summed E-state index contributed by atoms with van der Waals surface area (Å²) in [7, 11) is 0. The highest BCUT2D eigenvalue weighted by atomic mass is 16.5. The molecule has 0 atom stereocenters. The Morgan fingerprint density at radius 1 is 1.47 bits per heavy atom. The van der Waals surface area contributed by atoms with E-state index in [0.29, 0.717) is 30.6 Å². The lowest BCUT2D eigenvalue weighted by Crippen LogP contribution is -2.34. The molecule has 6 heteroatoms. The SMILES string of the molecule is CC(=O)N(CCC(=O)Nc1cc(C)on1)CC(C)C.